The molecule has 1 aromatic carbocycles. The Labute approximate surface area is 85.2 Å². The van der Waals surface area contributed by atoms with Crippen LogP contribution in [0.1, 0.15) is 13.8 Å². The number of benzene rings is 1. The lowest BCUT2D eigenvalue weighted by atomic mass is 10.3. The Morgan fingerprint density at radius 1 is 1.21 bits per heavy atom. The van der Waals surface area contributed by atoms with Gasteiger partial charge in [-0.05, 0) is 42.7 Å². The van der Waals surface area contributed by atoms with Crippen molar-refractivity contribution in [2.45, 2.75) is 13.8 Å². The van der Waals surface area contributed by atoms with Gasteiger partial charge < -0.3 is 4.90 Å². The Morgan fingerprint density at radius 3 is 2.07 bits per heavy atom. The van der Waals surface area contributed by atoms with Gasteiger partial charge in [-0.1, -0.05) is 0 Å². The van der Waals surface area contributed by atoms with Gasteiger partial charge in [-0.2, -0.15) is 4.89 Å². The van der Waals surface area contributed by atoms with E-state index < -0.39 is 8.03 Å². The first-order valence-electron chi connectivity index (χ1n) is 4.70. The molecule has 0 aliphatic carbocycles. The molecule has 76 valence electrons. The van der Waals surface area contributed by atoms with Crippen LogP contribution in [0.2, 0.25) is 0 Å². The van der Waals surface area contributed by atoms with Gasteiger partial charge in [0.1, 0.15) is 0 Å². The number of hydrogen-bond donors (Lipinski definition) is 1. The minimum Gasteiger partial charge on any atom is -0.372 e. The smallest absolute Gasteiger partial charge is 0.372 e. The zero-order valence-electron chi connectivity index (χ0n) is 8.47. The van der Waals surface area contributed by atoms with Crippen LogP contribution in [-0.2, 0) is 4.57 Å². The van der Waals surface area contributed by atoms with Gasteiger partial charge in [-0.3, -0.25) is 0 Å². The molecule has 0 saturated heterocycles. The van der Waals surface area contributed by atoms with Gasteiger partial charge in [-0.25, -0.2) is 0 Å². The molecule has 1 unspecified atom stereocenters. The van der Waals surface area contributed by atoms with Gasteiger partial charge in [0.25, 0.3) is 0 Å². The van der Waals surface area contributed by atoms with Crippen molar-refractivity contribution in [1.82, 2.24) is 0 Å². The highest BCUT2D eigenvalue weighted by Crippen LogP contribution is 2.17. The highest BCUT2D eigenvalue weighted by Gasteiger charge is 2.15. The Hall–Kier alpha value is -0.920. The van der Waals surface area contributed by atoms with Crippen LogP contribution < -0.4 is 10.2 Å². The predicted octanol–water partition coefficient (Wildman–Crippen LogP) is 1.89. The summed E-state index contributed by atoms with van der Waals surface area (Å²) in [5.41, 5.74) is 1.09. The third kappa shape index (κ3) is 2.53. The molecular formula is C10H15NO2P+. The Morgan fingerprint density at radius 2 is 1.71 bits per heavy atom. The fraction of sp³-hybridized carbons (Fsp3) is 0.400. The van der Waals surface area contributed by atoms with Crippen molar-refractivity contribution in [3.8, 4) is 0 Å². The highest BCUT2D eigenvalue weighted by atomic mass is 31.1. The molecule has 1 aromatic rings. The van der Waals surface area contributed by atoms with Crippen molar-refractivity contribution >= 4 is 19.0 Å². The zero-order valence-corrected chi connectivity index (χ0v) is 9.37. The van der Waals surface area contributed by atoms with Gasteiger partial charge in [0.15, 0.2) is 0 Å². The molecule has 0 saturated carbocycles. The van der Waals surface area contributed by atoms with Crippen LogP contribution in [0.4, 0.5) is 5.69 Å². The number of anilines is 1. The highest BCUT2D eigenvalue weighted by molar-refractivity contribution is 7.47. The average Bonchev–Trinajstić information content (AvgIpc) is 2.20. The van der Waals surface area contributed by atoms with E-state index in [1.807, 2.05) is 12.1 Å². The first-order chi connectivity index (χ1) is 6.69. The molecule has 0 heterocycles. The minimum absolute atomic E-state index is 0.482. The summed E-state index contributed by atoms with van der Waals surface area (Å²) in [7, 11) is -2.20. The largest absolute Gasteiger partial charge is 0.546 e. The van der Waals surface area contributed by atoms with Crippen LogP contribution in [0.25, 0.3) is 0 Å². The standard InChI is InChI=1S/C10H14NO2P/c1-3-11(4-2)9-5-7-10(8-6-9)14(12)13/h5-8H,3-4H2,1-2H3/p+1. The van der Waals surface area contributed by atoms with E-state index in [0.717, 1.165) is 18.8 Å². The fourth-order valence-corrected chi connectivity index (χ4v) is 1.78. The summed E-state index contributed by atoms with van der Waals surface area (Å²) in [6.45, 7) is 6.07. The normalized spacial score (nSPS) is 11.2. The summed E-state index contributed by atoms with van der Waals surface area (Å²) < 4.78 is 10.8. The number of rotatable bonds is 4. The van der Waals surface area contributed by atoms with Gasteiger partial charge in [0.2, 0.25) is 5.30 Å². The molecule has 0 aliphatic rings. The second kappa shape index (κ2) is 5.08. The summed E-state index contributed by atoms with van der Waals surface area (Å²) in [6, 6.07) is 7.16. The van der Waals surface area contributed by atoms with Gasteiger partial charge in [0, 0.05) is 18.8 Å². The van der Waals surface area contributed by atoms with Gasteiger partial charge in [-0.15, -0.1) is 0 Å². The van der Waals surface area contributed by atoms with E-state index in [9.17, 15) is 4.57 Å². The van der Waals surface area contributed by atoms with Crippen LogP contribution in [0.15, 0.2) is 24.3 Å². The SMILES string of the molecule is CCN(CC)c1ccc([P+](=O)O)cc1. The number of hydrogen-bond acceptors (Lipinski definition) is 2. The summed E-state index contributed by atoms with van der Waals surface area (Å²) >= 11 is 0. The van der Waals surface area contributed by atoms with Gasteiger partial charge >= 0.3 is 8.03 Å². The molecule has 1 N–H and O–H groups in total. The van der Waals surface area contributed by atoms with E-state index in [2.05, 4.69) is 18.7 Å². The third-order valence-electron chi connectivity index (χ3n) is 2.20. The van der Waals surface area contributed by atoms with Crippen molar-refractivity contribution in [3.63, 3.8) is 0 Å². The van der Waals surface area contributed by atoms with Crippen molar-refractivity contribution in [1.29, 1.82) is 0 Å². The van der Waals surface area contributed by atoms with Crippen LogP contribution >= 0.6 is 8.03 Å². The van der Waals surface area contributed by atoms with E-state index >= 15 is 0 Å². The van der Waals surface area contributed by atoms with Crippen LogP contribution in [0.5, 0.6) is 0 Å². The van der Waals surface area contributed by atoms with E-state index in [1.54, 1.807) is 12.1 Å². The molecule has 0 aliphatic heterocycles. The Bertz CT molecular complexity index is 306. The maximum Gasteiger partial charge on any atom is 0.546 e. The lowest BCUT2D eigenvalue weighted by Gasteiger charge is -2.20. The van der Waals surface area contributed by atoms with Crippen LogP contribution in [-0.4, -0.2) is 18.0 Å². The monoisotopic (exact) mass is 212 g/mol. The molecule has 3 nitrogen and oxygen atoms in total. The molecule has 0 amide bonds. The first kappa shape index (κ1) is 11.2. The lowest BCUT2D eigenvalue weighted by Crippen LogP contribution is -2.21. The maximum absolute atomic E-state index is 10.8. The van der Waals surface area contributed by atoms with E-state index in [-0.39, 0.29) is 0 Å². The maximum atomic E-state index is 10.8. The molecule has 0 fully saturated rings. The van der Waals surface area contributed by atoms with Crippen LogP contribution in [0, 0.1) is 0 Å². The molecule has 0 bridgehead atoms. The van der Waals surface area contributed by atoms with E-state index in [0.29, 0.717) is 5.30 Å². The first-order valence-corrected chi connectivity index (χ1v) is 5.91. The minimum atomic E-state index is -2.20. The van der Waals surface area contributed by atoms with Crippen molar-refractivity contribution < 1.29 is 9.46 Å². The third-order valence-corrected chi connectivity index (χ3v) is 2.94. The topological polar surface area (TPSA) is 40.5 Å². The molecule has 0 aromatic heterocycles. The second-order valence-electron chi connectivity index (χ2n) is 2.96. The Balaban J connectivity index is 2.87. The molecule has 4 heteroatoms. The molecule has 0 radical (unpaired) electrons. The second-order valence-corrected chi connectivity index (χ2v) is 4.02. The fourth-order valence-electron chi connectivity index (χ4n) is 1.38. The molecule has 1 atom stereocenters. The van der Waals surface area contributed by atoms with Crippen LogP contribution in [0.3, 0.4) is 0 Å². The van der Waals surface area contributed by atoms with Crippen molar-refractivity contribution in [2.75, 3.05) is 18.0 Å². The predicted molar refractivity (Wildman–Crippen MR) is 59.5 cm³/mol. The van der Waals surface area contributed by atoms with E-state index in [4.69, 9.17) is 4.89 Å². The molecule has 0 spiro atoms. The molecule has 14 heavy (non-hydrogen) atoms. The Kier molecular flexibility index (Phi) is 4.05. The summed E-state index contributed by atoms with van der Waals surface area (Å²) in [5.74, 6) is 0. The zero-order chi connectivity index (χ0) is 10.6. The number of nitrogens with zero attached hydrogens (tertiary/aromatic N) is 1. The van der Waals surface area contributed by atoms with Gasteiger partial charge in [0.05, 0.1) is 0 Å². The van der Waals surface area contributed by atoms with Crippen molar-refractivity contribution in [2.24, 2.45) is 0 Å². The lowest BCUT2D eigenvalue weighted by molar-refractivity contribution is 0.513. The summed E-state index contributed by atoms with van der Waals surface area (Å²) in [4.78, 5) is 11.1. The van der Waals surface area contributed by atoms with Crippen molar-refractivity contribution in [3.05, 3.63) is 24.3 Å². The summed E-state index contributed by atoms with van der Waals surface area (Å²) in [6.07, 6.45) is 0. The average molecular weight is 212 g/mol. The quantitative estimate of drug-likeness (QED) is 0.775. The van der Waals surface area contributed by atoms with E-state index in [1.165, 1.54) is 0 Å². The molecule has 1 rings (SSSR count). The summed E-state index contributed by atoms with van der Waals surface area (Å²) in [5, 5.41) is 0.482. The molecular weight excluding hydrogens is 197 g/mol.